The Morgan fingerprint density at radius 1 is 1.38 bits per heavy atom. The van der Waals surface area contributed by atoms with E-state index in [9.17, 15) is 13.2 Å². The Bertz CT molecular complexity index is 802. The number of nitrogens with one attached hydrogen (secondary N) is 3. The largest absolute Gasteiger partial charge is 0.347 e. The molecule has 1 aliphatic heterocycles. The van der Waals surface area contributed by atoms with Gasteiger partial charge in [0.15, 0.2) is 0 Å². The van der Waals surface area contributed by atoms with Crippen molar-refractivity contribution in [2.45, 2.75) is 17.9 Å². The number of H-pyrrole nitrogens is 1. The molecule has 0 spiro atoms. The number of nitrogens with zero attached hydrogens (tertiary/aromatic N) is 1. The van der Waals surface area contributed by atoms with E-state index in [2.05, 4.69) is 35.9 Å². The van der Waals surface area contributed by atoms with Crippen molar-refractivity contribution in [2.24, 2.45) is 0 Å². The topological polar surface area (TPSA) is 104 Å². The van der Waals surface area contributed by atoms with Crippen LogP contribution in [0.1, 0.15) is 11.3 Å². The molecule has 0 bridgehead atoms. The molecule has 1 aliphatic rings. The van der Waals surface area contributed by atoms with E-state index in [1.54, 1.807) is 12.3 Å². The summed E-state index contributed by atoms with van der Waals surface area (Å²) in [6, 6.07) is 3.11. The molecule has 7 nitrogen and oxygen atoms in total. The fourth-order valence-corrected chi connectivity index (χ4v) is 4.16. The van der Waals surface area contributed by atoms with Gasteiger partial charge < -0.3 is 10.3 Å². The molecule has 1 aromatic heterocycles. The van der Waals surface area contributed by atoms with Crippen molar-refractivity contribution in [2.75, 3.05) is 5.32 Å². The van der Waals surface area contributed by atoms with Crippen molar-refractivity contribution in [1.82, 2.24) is 14.7 Å². The first-order chi connectivity index (χ1) is 9.95. The van der Waals surface area contributed by atoms with Gasteiger partial charge in [-0.05, 0) is 33.6 Å². The van der Waals surface area contributed by atoms with Crippen molar-refractivity contribution in [3.63, 3.8) is 0 Å². The van der Waals surface area contributed by atoms with Crippen LogP contribution in [0.3, 0.4) is 0 Å². The van der Waals surface area contributed by atoms with Crippen molar-refractivity contribution in [3.8, 4) is 0 Å². The zero-order valence-corrected chi connectivity index (χ0v) is 13.1. The number of benzene rings is 1. The second-order valence-electron chi connectivity index (χ2n) is 4.57. The zero-order chi connectivity index (χ0) is 15.0. The molecule has 0 atom stereocenters. The highest BCUT2D eigenvalue weighted by atomic mass is 79.9. The molecule has 3 N–H and O–H groups in total. The van der Waals surface area contributed by atoms with Crippen LogP contribution in [0.5, 0.6) is 0 Å². The SMILES string of the molecule is O=C1Cc2cc(S(=O)(=O)NCc3cnc[nH]3)c(Br)cc2N1. The second kappa shape index (κ2) is 5.24. The number of fused-ring (bicyclic) bond motifs is 1. The van der Waals surface area contributed by atoms with Crippen LogP contribution in [0.2, 0.25) is 0 Å². The molecule has 0 saturated carbocycles. The average Bonchev–Trinajstić information content (AvgIpc) is 3.03. The number of imidazole rings is 1. The summed E-state index contributed by atoms with van der Waals surface area (Å²) in [7, 11) is -3.69. The molecule has 3 rings (SSSR count). The summed E-state index contributed by atoms with van der Waals surface area (Å²) in [6.07, 6.45) is 3.21. The summed E-state index contributed by atoms with van der Waals surface area (Å²) >= 11 is 3.23. The number of sulfonamides is 1. The van der Waals surface area contributed by atoms with Crippen LogP contribution in [0.25, 0.3) is 0 Å². The lowest BCUT2D eigenvalue weighted by molar-refractivity contribution is -0.115. The van der Waals surface area contributed by atoms with E-state index in [-0.39, 0.29) is 23.8 Å². The van der Waals surface area contributed by atoms with Crippen molar-refractivity contribution in [3.05, 3.63) is 40.4 Å². The molecule has 2 aromatic rings. The lowest BCUT2D eigenvalue weighted by atomic mass is 10.2. The van der Waals surface area contributed by atoms with Gasteiger partial charge in [0.2, 0.25) is 15.9 Å². The lowest BCUT2D eigenvalue weighted by Gasteiger charge is -2.09. The number of aromatic amines is 1. The highest BCUT2D eigenvalue weighted by Crippen LogP contribution is 2.32. The fraction of sp³-hybridized carbons (Fsp3) is 0.167. The molecule has 1 amide bonds. The van der Waals surface area contributed by atoms with Gasteiger partial charge in [-0.2, -0.15) is 0 Å². The Morgan fingerprint density at radius 2 is 2.19 bits per heavy atom. The smallest absolute Gasteiger partial charge is 0.242 e. The number of carbonyl (C=O) groups is 1. The Kier molecular flexibility index (Phi) is 3.56. The maximum atomic E-state index is 12.3. The summed E-state index contributed by atoms with van der Waals surface area (Å²) < 4.78 is 27.6. The molecule has 110 valence electrons. The maximum Gasteiger partial charge on any atom is 0.242 e. The van der Waals surface area contributed by atoms with Crippen LogP contribution < -0.4 is 10.0 Å². The van der Waals surface area contributed by atoms with Gasteiger partial charge in [-0.25, -0.2) is 18.1 Å². The number of carbonyl (C=O) groups excluding carboxylic acids is 1. The minimum Gasteiger partial charge on any atom is -0.347 e. The van der Waals surface area contributed by atoms with E-state index >= 15 is 0 Å². The molecule has 9 heteroatoms. The summed E-state index contributed by atoms with van der Waals surface area (Å²) in [5.74, 6) is -0.142. The van der Waals surface area contributed by atoms with E-state index in [4.69, 9.17) is 0 Å². The first-order valence-electron chi connectivity index (χ1n) is 6.05. The maximum absolute atomic E-state index is 12.3. The molecule has 2 heterocycles. The van der Waals surface area contributed by atoms with Gasteiger partial charge in [0.25, 0.3) is 0 Å². The number of aromatic nitrogens is 2. The predicted molar refractivity (Wildman–Crippen MR) is 79.1 cm³/mol. The van der Waals surface area contributed by atoms with Gasteiger partial charge in [-0.1, -0.05) is 0 Å². The fourth-order valence-electron chi connectivity index (χ4n) is 2.06. The third-order valence-electron chi connectivity index (χ3n) is 3.08. The number of hydrogen-bond acceptors (Lipinski definition) is 4. The molecule has 0 saturated heterocycles. The van der Waals surface area contributed by atoms with E-state index in [1.165, 1.54) is 12.4 Å². The third kappa shape index (κ3) is 2.85. The summed E-state index contributed by atoms with van der Waals surface area (Å²) in [5.41, 5.74) is 1.97. The van der Waals surface area contributed by atoms with E-state index in [0.29, 0.717) is 21.4 Å². The van der Waals surface area contributed by atoms with Crippen LogP contribution in [-0.2, 0) is 27.8 Å². The third-order valence-corrected chi connectivity index (χ3v) is 5.44. The first-order valence-corrected chi connectivity index (χ1v) is 8.32. The summed E-state index contributed by atoms with van der Waals surface area (Å²) in [4.78, 5) is 18.1. The van der Waals surface area contributed by atoms with Gasteiger partial charge in [0.05, 0.1) is 24.2 Å². The minimum absolute atomic E-state index is 0.109. The number of halogens is 1. The summed E-state index contributed by atoms with van der Waals surface area (Å²) in [6.45, 7) is 0.114. The number of hydrogen-bond donors (Lipinski definition) is 3. The molecule has 1 aromatic carbocycles. The number of anilines is 1. The molecule has 0 unspecified atom stereocenters. The minimum atomic E-state index is -3.69. The van der Waals surface area contributed by atoms with E-state index in [0.717, 1.165) is 0 Å². The molecule has 0 aliphatic carbocycles. The lowest BCUT2D eigenvalue weighted by Crippen LogP contribution is -2.24. The van der Waals surface area contributed by atoms with Gasteiger partial charge in [-0.15, -0.1) is 0 Å². The number of rotatable bonds is 4. The Labute approximate surface area is 129 Å². The van der Waals surface area contributed by atoms with Crippen LogP contribution in [0.15, 0.2) is 34.0 Å². The molecule has 0 fully saturated rings. The quantitative estimate of drug-likeness (QED) is 0.750. The average molecular weight is 371 g/mol. The predicted octanol–water partition coefficient (Wildman–Crippen LogP) is 1.15. The molecular weight excluding hydrogens is 360 g/mol. The highest BCUT2D eigenvalue weighted by molar-refractivity contribution is 9.10. The second-order valence-corrected chi connectivity index (χ2v) is 7.16. The van der Waals surface area contributed by atoms with Crippen molar-refractivity contribution in [1.29, 1.82) is 0 Å². The first kappa shape index (κ1) is 14.2. The Balaban J connectivity index is 1.89. The molecule has 0 radical (unpaired) electrons. The van der Waals surface area contributed by atoms with Crippen LogP contribution in [-0.4, -0.2) is 24.3 Å². The number of amides is 1. The normalized spacial score (nSPS) is 14.0. The van der Waals surface area contributed by atoms with Crippen LogP contribution in [0, 0.1) is 0 Å². The standard InChI is InChI=1S/C12H11BrN4O3S/c13-9-3-10-7(2-12(18)17-10)1-11(9)21(19,20)16-5-8-4-14-6-15-8/h1,3-4,6,16H,2,5H2,(H,14,15)(H,17,18). The van der Waals surface area contributed by atoms with Gasteiger partial charge in [0.1, 0.15) is 0 Å². The Hall–Kier alpha value is -1.71. The summed E-state index contributed by atoms with van der Waals surface area (Å²) in [5, 5.41) is 2.67. The Morgan fingerprint density at radius 3 is 2.90 bits per heavy atom. The van der Waals surface area contributed by atoms with E-state index < -0.39 is 10.0 Å². The van der Waals surface area contributed by atoms with Gasteiger partial charge in [0, 0.05) is 22.1 Å². The zero-order valence-electron chi connectivity index (χ0n) is 10.7. The van der Waals surface area contributed by atoms with E-state index in [1.807, 2.05) is 0 Å². The van der Waals surface area contributed by atoms with Gasteiger partial charge in [-0.3, -0.25) is 4.79 Å². The van der Waals surface area contributed by atoms with Crippen molar-refractivity contribution < 1.29 is 13.2 Å². The van der Waals surface area contributed by atoms with Gasteiger partial charge >= 0.3 is 0 Å². The molecule has 21 heavy (non-hydrogen) atoms. The molecular formula is C12H11BrN4O3S. The van der Waals surface area contributed by atoms with Crippen LogP contribution in [0.4, 0.5) is 5.69 Å². The monoisotopic (exact) mass is 370 g/mol. The van der Waals surface area contributed by atoms with Crippen molar-refractivity contribution >= 4 is 37.5 Å². The highest BCUT2D eigenvalue weighted by Gasteiger charge is 2.24. The van der Waals surface area contributed by atoms with Crippen LogP contribution >= 0.6 is 15.9 Å².